The van der Waals surface area contributed by atoms with Crippen LogP contribution in [-0.2, 0) is 28.5 Å². The first-order valence-electron chi connectivity index (χ1n) is 12.8. The van der Waals surface area contributed by atoms with Crippen LogP contribution in [0.3, 0.4) is 0 Å². The second-order valence-corrected chi connectivity index (χ2v) is 11.3. The molecule has 10 nitrogen and oxygen atoms in total. The quantitative estimate of drug-likeness (QED) is 0.370. The van der Waals surface area contributed by atoms with Gasteiger partial charge in [0.1, 0.15) is 37.6 Å². The Bertz CT molecular complexity index is 958. The van der Waals surface area contributed by atoms with Gasteiger partial charge in [0.2, 0.25) is 0 Å². The van der Waals surface area contributed by atoms with Crippen LogP contribution in [0.5, 0.6) is 0 Å². The maximum absolute atomic E-state index is 12.9. The minimum atomic E-state index is -1.54. The molecule has 3 heterocycles. The fourth-order valence-electron chi connectivity index (χ4n) is 7.07. The van der Waals surface area contributed by atoms with Gasteiger partial charge in [0.05, 0.1) is 12.7 Å². The van der Waals surface area contributed by atoms with E-state index in [0.29, 0.717) is 37.5 Å². The second-order valence-electron chi connectivity index (χ2n) is 11.3. The van der Waals surface area contributed by atoms with Crippen LogP contribution in [0.4, 0.5) is 0 Å². The van der Waals surface area contributed by atoms with Gasteiger partial charge in [0.25, 0.3) is 0 Å². The highest BCUT2D eigenvalue weighted by atomic mass is 16.7. The van der Waals surface area contributed by atoms with E-state index in [0.717, 1.165) is 24.8 Å². The highest BCUT2D eigenvalue weighted by Gasteiger charge is 2.62. The number of aliphatic hydroxyl groups excluding tert-OH is 4. The maximum Gasteiger partial charge on any atom is 0.334 e. The molecule has 1 spiro atoms. The molecule has 2 saturated heterocycles. The van der Waals surface area contributed by atoms with Gasteiger partial charge in [-0.25, -0.2) is 9.59 Å². The first-order chi connectivity index (χ1) is 17.1. The summed E-state index contributed by atoms with van der Waals surface area (Å²) in [6.45, 7) is 4.54. The molecule has 2 aliphatic carbocycles. The van der Waals surface area contributed by atoms with E-state index in [9.17, 15) is 30.0 Å². The molecule has 0 aromatic carbocycles. The zero-order valence-electron chi connectivity index (χ0n) is 20.7. The highest BCUT2D eigenvalue weighted by molar-refractivity contribution is 5.93. The molecule has 0 aromatic rings. The fourth-order valence-corrected chi connectivity index (χ4v) is 7.07. The molecular weight excluding hydrogens is 472 g/mol. The third kappa shape index (κ3) is 4.12. The number of hydrogen-bond acceptors (Lipinski definition) is 10. The molecule has 0 aromatic heterocycles. The van der Waals surface area contributed by atoms with E-state index in [1.54, 1.807) is 12.2 Å². The summed E-state index contributed by atoms with van der Waals surface area (Å²) >= 11 is 0. The molecule has 0 amide bonds. The molecule has 0 radical (unpaired) electrons. The van der Waals surface area contributed by atoms with Crippen LogP contribution < -0.4 is 0 Å². The van der Waals surface area contributed by atoms with Crippen molar-refractivity contribution in [3.8, 4) is 0 Å². The monoisotopic (exact) mass is 508 g/mol. The Morgan fingerprint density at radius 2 is 1.92 bits per heavy atom. The summed E-state index contributed by atoms with van der Waals surface area (Å²) < 4.78 is 22.3. The van der Waals surface area contributed by atoms with Crippen molar-refractivity contribution in [1.29, 1.82) is 0 Å². The standard InChI is InChI=1S/C26H36O10/c1-13-3-6-26-12-34-23(32)16(26)8-15(35-24-22(31)21(30)20(29)17(10-27)36-24)9-18(26)25(13,2)5-4-14-7-19(28)33-11-14/h7-8,13,15,17-18,20-22,24,27,29-31H,3-6,9-12H2,1-2H3. The number of ether oxygens (including phenoxy) is 4. The van der Waals surface area contributed by atoms with Crippen molar-refractivity contribution in [3.63, 3.8) is 0 Å². The highest BCUT2D eigenvalue weighted by Crippen LogP contribution is 2.64. The van der Waals surface area contributed by atoms with Crippen LogP contribution in [0.2, 0.25) is 0 Å². The summed E-state index contributed by atoms with van der Waals surface area (Å²) in [5.74, 6) is -0.311. The van der Waals surface area contributed by atoms with E-state index in [4.69, 9.17) is 18.9 Å². The first kappa shape index (κ1) is 25.8. The van der Waals surface area contributed by atoms with Crippen LogP contribution in [-0.4, -0.2) is 89.0 Å². The summed E-state index contributed by atoms with van der Waals surface area (Å²) in [5, 5.41) is 40.3. The van der Waals surface area contributed by atoms with Gasteiger partial charge in [-0.15, -0.1) is 0 Å². The van der Waals surface area contributed by atoms with E-state index in [1.165, 1.54) is 0 Å². The minimum absolute atomic E-state index is 0.0220. The molecule has 10 atom stereocenters. The summed E-state index contributed by atoms with van der Waals surface area (Å²) in [7, 11) is 0. The molecule has 0 bridgehead atoms. The maximum atomic E-state index is 12.9. The van der Waals surface area contributed by atoms with Gasteiger partial charge in [0.15, 0.2) is 6.29 Å². The van der Waals surface area contributed by atoms with Gasteiger partial charge in [0, 0.05) is 17.1 Å². The number of hydrogen-bond donors (Lipinski definition) is 4. The Morgan fingerprint density at radius 3 is 2.61 bits per heavy atom. The molecule has 4 N–H and O–H groups in total. The van der Waals surface area contributed by atoms with E-state index in [2.05, 4.69) is 13.8 Å². The van der Waals surface area contributed by atoms with Crippen molar-refractivity contribution in [2.75, 3.05) is 19.8 Å². The largest absolute Gasteiger partial charge is 0.461 e. The van der Waals surface area contributed by atoms with Gasteiger partial charge in [-0.1, -0.05) is 13.8 Å². The summed E-state index contributed by atoms with van der Waals surface area (Å²) in [5.41, 5.74) is 0.927. The average molecular weight is 509 g/mol. The summed E-state index contributed by atoms with van der Waals surface area (Å²) in [6.07, 6.45) is -0.369. The third-order valence-electron chi connectivity index (χ3n) is 9.51. The topological polar surface area (TPSA) is 152 Å². The Kier molecular flexibility index (Phi) is 6.80. The Balaban J connectivity index is 1.42. The summed E-state index contributed by atoms with van der Waals surface area (Å²) in [4.78, 5) is 24.4. The molecule has 200 valence electrons. The van der Waals surface area contributed by atoms with E-state index < -0.39 is 48.8 Å². The molecule has 1 saturated carbocycles. The molecule has 5 rings (SSSR count). The van der Waals surface area contributed by atoms with Crippen molar-refractivity contribution in [2.45, 2.75) is 82.8 Å². The van der Waals surface area contributed by atoms with Crippen LogP contribution in [0.1, 0.15) is 46.0 Å². The molecule has 3 aliphatic heterocycles. The smallest absolute Gasteiger partial charge is 0.334 e. The Morgan fingerprint density at radius 1 is 1.14 bits per heavy atom. The lowest BCUT2D eigenvalue weighted by atomic mass is 9.46. The predicted octanol–water partition coefficient (Wildman–Crippen LogP) is 0.361. The number of cyclic esters (lactones) is 2. The molecule has 5 aliphatic rings. The first-order valence-corrected chi connectivity index (χ1v) is 12.8. The number of carbonyl (C=O) groups is 2. The number of aliphatic hydroxyl groups is 4. The zero-order chi connectivity index (χ0) is 25.8. The van der Waals surface area contributed by atoms with Crippen molar-refractivity contribution < 1.29 is 49.0 Å². The van der Waals surface area contributed by atoms with E-state index in [-0.39, 0.29) is 23.3 Å². The van der Waals surface area contributed by atoms with E-state index >= 15 is 0 Å². The number of carbonyl (C=O) groups excluding carboxylic acids is 2. The van der Waals surface area contributed by atoms with Crippen molar-refractivity contribution in [2.24, 2.45) is 22.7 Å². The molecule has 36 heavy (non-hydrogen) atoms. The van der Waals surface area contributed by atoms with Gasteiger partial charge in [-0.05, 0) is 61.0 Å². The lowest BCUT2D eigenvalue weighted by Gasteiger charge is -2.57. The SMILES string of the molecule is CC1CCC23COC(=O)C2=CC(OC2OC(CO)C(O)C(O)C2O)CC3C1(C)CCC1=CC(=O)OC1. The normalized spacial score (nSPS) is 46.4. The molecule has 10 unspecified atom stereocenters. The lowest BCUT2D eigenvalue weighted by Crippen LogP contribution is -2.60. The Labute approximate surface area is 209 Å². The fraction of sp³-hybridized carbons (Fsp3) is 0.769. The van der Waals surface area contributed by atoms with Crippen LogP contribution in [0, 0.1) is 22.7 Å². The van der Waals surface area contributed by atoms with Crippen molar-refractivity contribution in [3.05, 3.63) is 23.3 Å². The number of esters is 2. The lowest BCUT2D eigenvalue weighted by molar-refractivity contribution is -0.310. The zero-order valence-corrected chi connectivity index (χ0v) is 20.7. The van der Waals surface area contributed by atoms with E-state index in [1.807, 2.05) is 0 Å². The average Bonchev–Trinajstić information content (AvgIpc) is 3.43. The van der Waals surface area contributed by atoms with Gasteiger partial charge >= 0.3 is 11.9 Å². The number of rotatable bonds is 6. The molecular formula is C26H36O10. The minimum Gasteiger partial charge on any atom is -0.461 e. The Hall–Kier alpha value is -1.82. The summed E-state index contributed by atoms with van der Waals surface area (Å²) in [6, 6.07) is 0. The van der Waals surface area contributed by atoms with Crippen molar-refractivity contribution >= 4 is 11.9 Å². The molecule has 10 heteroatoms. The van der Waals surface area contributed by atoms with Crippen LogP contribution in [0.25, 0.3) is 0 Å². The van der Waals surface area contributed by atoms with Gasteiger partial charge in [-0.3, -0.25) is 0 Å². The van der Waals surface area contributed by atoms with Crippen molar-refractivity contribution in [1.82, 2.24) is 0 Å². The predicted molar refractivity (Wildman–Crippen MR) is 123 cm³/mol. The van der Waals surface area contributed by atoms with Gasteiger partial charge in [-0.2, -0.15) is 0 Å². The van der Waals surface area contributed by atoms with Crippen LogP contribution >= 0.6 is 0 Å². The van der Waals surface area contributed by atoms with Gasteiger partial charge < -0.3 is 39.4 Å². The molecule has 3 fully saturated rings. The van der Waals surface area contributed by atoms with Crippen LogP contribution in [0.15, 0.2) is 23.3 Å². The third-order valence-corrected chi connectivity index (χ3v) is 9.51. The second kappa shape index (κ2) is 9.49.